The monoisotopic (exact) mass is 349 g/mol. The van der Waals surface area contributed by atoms with E-state index in [1.165, 1.54) is 17.5 Å². The van der Waals surface area contributed by atoms with Crippen molar-refractivity contribution in [2.75, 3.05) is 0 Å². The summed E-state index contributed by atoms with van der Waals surface area (Å²) in [6.45, 7) is -1.34. The molecule has 0 atom stereocenters. The van der Waals surface area contributed by atoms with Gasteiger partial charge >= 0.3 is 12.5 Å². The van der Waals surface area contributed by atoms with Gasteiger partial charge in [0.1, 0.15) is 16.5 Å². The van der Waals surface area contributed by atoms with Crippen LogP contribution in [0.5, 0.6) is 0 Å². The Balaban J connectivity index is 1.74. The number of hydrogen-bond acceptors (Lipinski definition) is 5. The predicted octanol–water partition coefficient (Wildman–Crippen LogP) is 4.07. The van der Waals surface area contributed by atoms with Gasteiger partial charge in [0.15, 0.2) is 5.82 Å². The van der Waals surface area contributed by atoms with Crippen LogP contribution >= 0.6 is 11.3 Å². The molecule has 0 fully saturated rings. The lowest BCUT2D eigenvalue weighted by atomic mass is 10.2. The molecular formula is C16H13F2N3O2S. The molecule has 8 heteroatoms. The average molecular weight is 349 g/mol. The van der Waals surface area contributed by atoms with Crippen LogP contribution in [0.15, 0.2) is 42.7 Å². The highest BCUT2D eigenvalue weighted by Gasteiger charge is 2.19. The van der Waals surface area contributed by atoms with E-state index in [1.807, 2.05) is 30.3 Å². The lowest BCUT2D eigenvalue weighted by Crippen LogP contribution is -2.10. The van der Waals surface area contributed by atoms with E-state index in [1.54, 1.807) is 6.92 Å². The second-order valence-electron chi connectivity index (χ2n) is 4.90. The number of rotatable bonds is 5. The molecule has 5 nitrogen and oxygen atoms in total. The van der Waals surface area contributed by atoms with Crippen molar-refractivity contribution in [2.45, 2.75) is 20.1 Å². The maximum absolute atomic E-state index is 12.7. The molecule has 0 radical (unpaired) electrons. The first-order valence-electron chi connectivity index (χ1n) is 7.06. The number of carbonyl (C=O) groups excluding carboxylic acids is 1. The molecule has 0 unspecified atom stereocenters. The first-order chi connectivity index (χ1) is 11.6. The largest absolute Gasteiger partial charge is 0.453 e. The van der Waals surface area contributed by atoms with E-state index in [0.717, 1.165) is 11.8 Å². The molecule has 2 heterocycles. The van der Waals surface area contributed by atoms with Crippen LogP contribution in [-0.4, -0.2) is 20.5 Å². The quantitative estimate of drug-likeness (QED) is 0.652. The van der Waals surface area contributed by atoms with Crippen molar-refractivity contribution in [3.63, 3.8) is 0 Å². The highest BCUT2D eigenvalue weighted by molar-refractivity contribution is 7.17. The van der Waals surface area contributed by atoms with Crippen LogP contribution in [0.3, 0.4) is 0 Å². The smallest absolute Gasteiger partial charge is 0.350 e. The molecule has 0 aliphatic rings. The number of aryl methyl sites for hydroxylation is 1. The van der Waals surface area contributed by atoms with Gasteiger partial charge < -0.3 is 4.74 Å². The topological polar surface area (TPSA) is 57.0 Å². The van der Waals surface area contributed by atoms with Crippen LogP contribution in [0, 0.1) is 6.92 Å². The van der Waals surface area contributed by atoms with Gasteiger partial charge in [-0.25, -0.2) is 14.8 Å². The fourth-order valence-corrected chi connectivity index (χ4v) is 3.08. The average Bonchev–Trinajstić information content (AvgIpc) is 3.20. The Kier molecular flexibility index (Phi) is 4.66. The molecule has 0 aliphatic heterocycles. The van der Waals surface area contributed by atoms with E-state index in [0.29, 0.717) is 20.1 Å². The SMILES string of the molecule is Cc1nc(-c2ccccc2)sc1C(=O)OCc1nccn1C(F)F. The van der Waals surface area contributed by atoms with Crippen LogP contribution in [0.1, 0.15) is 27.7 Å². The second-order valence-corrected chi connectivity index (χ2v) is 5.90. The Bertz CT molecular complexity index is 846. The summed E-state index contributed by atoms with van der Waals surface area (Å²) in [5.74, 6) is -0.611. The number of esters is 1. The van der Waals surface area contributed by atoms with Crippen molar-refractivity contribution in [2.24, 2.45) is 0 Å². The first-order valence-corrected chi connectivity index (χ1v) is 7.87. The Hall–Kier alpha value is -2.61. The number of hydrogen-bond donors (Lipinski definition) is 0. The summed E-state index contributed by atoms with van der Waals surface area (Å²) >= 11 is 1.21. The molecule has 24 heavy (non-hydrogen) atoms. The summed E-state index contributed by atoms with van der Waals surface area (Å²) in [6, 6.07) is 9.45. The summed E-state index contributed by atoms with van der Waals surface area (Å²) in [4.78, 5) is 20.7. The fourth-order valence-electron chi connectivity index (χ4n) is 2.12. The van der Waals surface area contributed by atoms with Gasteiger partial charge in [-0.15, -0.1) is 11.3 Å². The van der Waals surface area contributed by atoms with Gasteiger partial charge in [-0.3, -0.25) is 4.57 Å². The molecule has 0 saturated heterocycles. The molecule has 124 valence electrons. The molecule has 1 aromatic carbocycles. The van der Waals surface area contributed by atoms with E-state index in [4.69, 9.17) is 4.74 Å². The van der Waals surface area contributed by atoms with Crippen molar-refractivity contribution in [3.8, 4) is 10.6 Å². The van der Waals surface area contributed by atoms with Crippen LogP contribution in [0.4, 0.5) is 8.78 Å². The molecular weight excluding hydrogens is 336 g/mol. The van der Waals surface area contributed by atoms with Crippen molar-refractivity contribution in [1.82, 2.24) is 14.5 Å². The standard InChI is InChI=1S/C16H13F2N3O2S/c1-10-13(24-14(20-10)11-5-3-2-4-6-11)15(22)23-9-12-19-7-8-21(12)16(17)18/h2-8,16H,9H2,1H3. The highest BCUT2D eigenvalue weighted by Crippen LogP contribution is 2.28. The number of nitrogens with zero attached hydrogens (tertiary/aromatic N) is 3. The molecule has 3 rings (SSSR count). The van der Waals surface area contributed by atoms with Gasteiger partial charge in [0.2, 0.25) is 0 Å². The van der Waals surface area contributed by atoms with E-state index in [9.17, 15) is 13.6 Å². The number of imidazole rings is 1. The summed E-state index contributed by atoms with van der Waals surface area (Å²) in [5, 5.41) is 0.703. The number of alkyl halides is 2. The number of thiazole rings is 1. The van der Waals surface area contributed by atoms with Gasteiger partial charge in [0, 0.05) is 18.0 Å². The van der Waals surface area contributed by atoms with Crippen LogP contribution in [0.25, 0.3) is 10.6 Å². The number of halogens is 2. The van der Waals surface area contributed by atoms with E-state index in [-0.39, 0.29) is 12.4 Å². The first kappa shape index (κ1) is 16.3. The Morgan fingerprint density at radius 2 is 2.08 bits per heavy atom. The Morgan fingerprint density at radius 3 is 2.79 bits per heavy atom. The van der Waals surface area contributed by atoms with Crippen LogP contribution < -0.4 is 0 Å². The molecule has 0 spiro atoms. The van der Waals surface area contributed by atoms with Crippen LogP contribution in [0.2, 0.25) is 0 Å². The maximum atomic E-state index is 12.7. The van der Waals surface area contributed by atoms with Crippen molar-refractivity contribution in [3.05, 3.63) is 59.1 Å². The number of aromatic nitrogens is 3. The number of ether oxygens (including phenoxy) is 1. The molecule has 0 aliphatic carbocycles. The summed E-state index contributed by atoms with van der Waals surface area (Å²) in [5.41, 5.74) is 1.44. The molecule has 0 bridgehead atoms. The summed E-state index contributed by atoms with van der Waals surface area (Å²) in [6.07, 6.45) is 2.38. The van der Waals surface area contributed by atoms with Gasteiger partial charge in [-0.1, -0.05) is 30.3 Å². The minimum atomic E-state index is -2.73. The highest BCUT2D eigenvalue weighted by atomic mass is 32.1. The minimum Gasteiger partial charge on any atom is -0.453 e. The lowest BCUT2D eigenvalue weighted by Gasteiger charge is -2.06. The molecule has 0 N–H and O–H groups in total. The fraction of sp³-hybridized carbons (Fsp3) is 0.188. The van der Waals surface area contributed by atoms with E-state index in [2.05, 4.69) is 9.97 Å². The van der Waals surface area contributed by atoms with Crippen molar-refractivity contribution in [1.29, 1.82) is 0 Å². The third kappa shape index (κ3) is 3.33. The summed E-state index contributed by atoms with van der Waals surface area (Å²) in [7, 11) is 0. The van der Waals surface area contributed by atoms with E-state index >= 15 is 0 Å². The lowest BCUT2D eigenvalue weighted by molar-refractivity contribution is 0.0379. The second kappa shape index (κ2) is 6.88. The minimum absolute atomic E-state index is 0.0104. The molecule has 0 amide bonds. The van der Waals surface area contributed by atoms with Gasteiger partial charge in [0.25, 0.3) is 0 Å². The van der Waals surface area contributed by atoms with Gasteiger partial charge in [-0.05, 0) is 6.92 Å². The van der Waals surface area contributed by atoms with Crippen LogP contribution in [-0.2, 0) is 11.3 Å². The normalized spacial score (nSPS) is 11.0. The van der Waals surface area contributed by atoms with E-state index < -0.39 is 12.5 Å². The zero-order chi connectivity index (χ0) is 17.1. The zero-order valence-corrected chi connectivity index (χ0v) is 13.5. The number of carbonyl (C=O) groups is 1. The number of benzene rings is 1. The Labute approximate surface area is 140 Å². The van der Waals surface area contributed by atoms with Crippen molar-refractivity contribution >= 4 is 17.3 Å². The maximum Gasteiger partial charge on any atom is 0.350 e. The predicted molar refractivity (Wildman–Crippen MR) is 84.9 cm³/mol. The Morgan fingerprint density at radius 1 is 1.33 bits per heavy atom. The van der Waals surface area contributed by atoms with Gasteiger partial charge in [0.05, 0.1) is 5.69 Å². The third-order valence-electron chi connectivity index (χ3n) is 3.29. The molecule has 0 saturated carbocycles. The molecule has 3 aromatic rings. The van der Waals surface area contributed by atoms with Gasteiger partial charge in [-0.2, -0.15) is 8.78 Å². The van der Waals surface area contributed by atoms with Crippen molar-refractivity contribution < 1.29 is 18.3 Å². The molecule has 2 aromatic heterocycles. The zero-order valence-electron chi connectivity index (χ0n) is 12.6. The third-order valence-corrected chi connectivity index (χ3v) is 4.48. The summed E-state index contributed by atoms with van der Waals surface area (Å²) < 4.78 is 31.2.